The number of halogens is 4. The van der Waals surface area contributed by atoms with Crippen LogP contribution in [0.25, 0.3) is 0 Å². The average molecular weight is 463 g/mol. The van der Waals surface area contributed by atoms with Gasteiger partial charge in [-0.1, -0.05) is 37.3 Å². The fourth-order valence-electron chi connectivity index (χ4n) is 4.24. The van der Waals surface area contributed by atoms with Gasteiger partial charge >= 0.3 is 12.1 Å². The summed E-state index contributed by atoms with van der Waals surface area (Å²) >= 11 is 0. The number of rotatable bonds is 8. The minimum atomic E-state index is -4.63. The van der Waals surface area contributed by atoms with Gasteiger partial charge in [-0.2, -0.15) is 13.2 Å². The highest BCUT2D eigenvalue weighted by Crippen LogP contribution is 2.49. The van der Waals surface area contributed by atoms with Gasteiger partial charge in [0.2, 0.25) is 5.91 Å². The summed E-state index contributed by atoms with van der Waals surface area (Å²) in [5.74, 6) is -5.83. The second kappa shape index (κ2) is 8.47. The number of anilines is 1. The highest BCUT2D eigenvalue weighted by atomic mass is 19.4. The van der Waals surface area contributed by atoms with Gasteiger partial charge in [-0.05, 0) is 66.8 Å². The summed E-state index contributed by atoms with van der Waals surface area (Å²) in [7, 11) is 0. The number of carboxylic acids is 1. The van der Waals surface area contributed by atoms with E-state index in [2.05, 4.69) is 5.32 Å². The highest BCUT2D eigenvalue weighted by molar-refractivity contribution is 5.96. The summed E-state index contributed by atoms with van der Waals surface area (Å²) in [6.07, 6.45) is -1.37. The minimum Gasteiger partial charge on any atom is -0.481 e. The van der Waals surface area contributed by atoms with E-state index in [0.29, 0.717) is 24.3 Å². The molecule has 2 saturated carbocycles. The third kappa shape index (κ3) is 5.04. The first-order valence-electron chi connectivity index (χ1n) is 11.0. The fraction of sp³-hybridized carbons (Fsp3) is 0.440. The summed E-state index contributed by atoms with van der Waals surface area (Å²) in [5.41, 5.74) is 0.591. The molecule has 0 saturated heterocycles. The van der Waals surface area contributed by atoms with Gasteiger partial charge in [-0.25, -0.2) is 4.39 Å². The second-order valence-electron chi connectivity index (χ2n) is 9.31. The summed E-state index contributed by atoms with van der Waals surface area (Å²) in [4.78, 5) is 24.5. The van der Waals surface area contributed by atoms with Crippen LogP contribution >= 0.6 is 0 Å². The lowest BCUT2D eigenvalue weighted by Crippen LogP contribution is -2.34. The minimum absolute atomic E-state index is 0.163. The summed E-state index contributed by atoms with van der Waals surface area (Å²) in [6, 6.07) is 10.4. The third-order valence-electron chi connectivity index (χ3n) is 6.78. The molecule has 4 nitrogen and oxygen atoms in total. The van der Waals surface area contributed by atoms with Crippen molar-refractivity contribution in [3.63, 3.8) is 0 Å². The number of benzene rings is 2. The Morgan fingerprint density at radius 2 is 1.76 bits per heavy atom. The van der Waals surface area contributed by atoms with Gasteiger partial charge in [0.1, 0.15) is 5.82 Å². The lowest BCUT2D eigenvalue weighted by atomic mass is 9.85. The molecule has 0 bridgehead atoms. The molecule has 2 N–H and O–H groups in total. The predicted molar refractivity (Wildman–Crippen MR) is 114 cm³/mol. The molecule has 0 spiro atoms. The van der Waals surface area contributed by atoms with Crippen LogP contribution in [0.3, 0.4) is 0 Å². The molecule has 2 aliphatic carbocycles. The van der Waals surface area contributed by atoms with Crippen molar-refractivity contribution in [2.45, 2.75) is 57.0 Å². The zero-order valence-electron chi connectivity index (χ0n) is 18.1. The van der Waals surface area contributed by atoms with E-state index in [1.54, 1.807) is 12.1 Å². The van der Waals surface area contributed by atoms with Crippen LogP contribution in [0.4, 0.5) is 23.2 Å². The summed E-state index contributed by atoms with van der Waals surface area (Å²) < 4.78 is 55.2. The predicted octanol–water partition coefficient (Wildman–Crippen LogP) is 6.03. The quantitative estimate of drug-likeness (QED) is 0.470. The van der Waals surface area contributed by atoms with Crippen molar-refractivity contribution in [3.05, 3.63) is 65.0 Å². The van der Waals surface area contributed by atoms with Crippen molar-refractivity contribution in [1.82, 2.24) is 0 Å². The Balaban J connectivity index is 1.58. The van der Waals surface area contributed by atoms with Gasteiger partial charge in [0.15, 0.2) is 0 Å². The molecule has 0 radical (unpaired) electrons. The van der Waals surface area contributed by atoms with Crippen molar-refractivity contribution >= 4 is 17.6 Å². The second-order valence-corrected chi connectivity index (χ2v) is 9.31. The molecule has 33 heavy (non-hydrogen) atoms. The van der Waals surface area contributed by atoms with Crippen LogP contribution in [0.15, 0.2) is 42.5 Å². The largest absolute Gasteiger partial charge is 0.481 e. The van der Waals surface area contributed by atoms with Gasteiger partial charge in [0, 0.05) is 0 Å². The molecular weight excluding hydrogens is 438 g/mol. The van der Waals surface area contributed by atoms with Crippen LogP contribution in [-0.4, -0.2) is 23.2 Å². The first-order chi connectivity index (χ1) is 15.5. The summed E-state index contributed by atoms with van der Waals surface area (Å²) in [5, 5.41) is 11.7. The normalized spacial score (nSPS) is 18.9. The first kappa shape index (κ1) is 23.3. The van der Waals surface area contributed by atoms with E-state index in [1.807, 2.05) is 0 Å². The number of aliphatic carboxylic acids is 1. The van der Waals surface area contributed by atoms with Crippen LogP contribution in [0.1, 0.15) is 61.1 Å². The lowest BCUT2D eigenvalue weighted by Gasteiger charge is -2.26. The Bertz CT molecular complexity index is 1060. The SMILES string of the molecule is C[C@H]([C@H](C(=O)Nc1cc(CC2(C(=O)O)CC2)ccc1F)c1ccc(C2CC2)cc1)C(F)(F)F. The van der Waals surface area contributed by atoms with E-state index >= 15 is 0 Å². The van der Waals surface area contributed by atoms with Crippen LogP contribution in [0.5, 0.6) is 0 Å². The van der Waals surface area contributed by atoms with E-state index in [-0.39, 0.29) is 17.7 Å². The molecule has 0 heterocycles. The van der Waals surface area contributed by atoms with Crippen LogP contribution < -0.4 is 5.32 Å². The van der Waals surface area contributed by atoms with E-state index < -0.39 is 41.1 Å². The molecule has 8 heteroatoms. The number of carboxylic acid groups (broad SMARTS) is 1. The molecule has 0 aromatic heterocycles. The number of hydrogen-bond donors (Lipinski definition) is 2. The Labute approximate surface area is 189 Å². The maximum Gasteiger partial charge on any atom is 0.392 e. The molecule has 1 amide bonds. The van der Waals surface area contributed by atoms with E-state index in [0.717, 1.165) is 31.4 Å². The standard InChI is InChI=1S/C25H25F4NO3/c1-14(25(27,28)29)21(18-7-5-17(6-8-18)16-3-4-16)22(31)30-20-12-15(2-9-19(20)26)13-24(10-11-24)23(32)33/h2,5-9,12,14,16,21H,3-4,10-11,13H2,1H3,(H,30,31)(H,32,33)/t14-,21+/m1/s1. The zero-order chi connectivity index (χ0) is 24.0. The van der Waals surface area contributed by atoms with Gasteiger partial charge < -0.3 is 10.4 Å². The average Bonchev–Trinajstić information content (AvgIpc) is 3.65. The van der Waals surface area contributed by atoms with Gasteiger partial charge in [-0.15, -0.1) is 0 Å². The Kier molecular flexibility index (Phi) is 5.97. The Hall–Kier alpha value is -2.90. The maximum atomic E-state index is 14.4. The Morgan fingerprint density at radius 3 is 2.27 bits per heavy atom. The van der Waals surface area contributed by atoms with Gasteiger partial charge in [0.05, 0.1) is 22.9 Å². The molecule has 2 aliphatic rings. The topological polar surface area (TPSA) is 66.4 Å². The molecule has 0 aliphatic heterocycles. The van der Waals surface area contributed by atoms with E-state index in [1.165, 1.54) is 24.3 Å². The smallest absolute Gasteiger partial charge is 0.392 e. The maximum absolute atomic E-state index is 14.4. The van der Waals surface area contributed by atoms with E-state index in [9.17, 15) is 32.3 Å². The molecule has 176 valence electrons. The van der Waals surface area contributed by atoms with Crippen molar-refractivity contribution in [2.75, 3.05) is 5.32 Å². The molecule has 2 aromatic carbocycles. The van der Waals surface area contributed by atoms with Crippen molar-refractivity contribution < 1.29 is 32.3 Å². The monoisotopic (exact) mass is 463 g/mol. The van der Waals surface area contributed by atoms with E-state index in [4.69, 9.17) is 0 Å². The number of alkyl halides is 3. The molecular formula is C25H25F4NO3. The molecule has 2 atom stereocenters. The lowest BCUT2D eigenvalue weighted by molar-refractivity contribution is -0.178. The zero-order valence-corrected chi connectivity index (χ0v) is 18.1. The molecule has 0 unspecified atom stereocenters. The van der Waals surface area contributed by atoms with Gasteiger partial charge in [-0.3, -0.25) is 9.59 Å². The number of carbonyl (C=O) groups excluding carboxylic acids is 1. The van der Waals surface area contributed by atoms with Crippen LogP contribution in [-0.2, 0) is 16.0 Å². The van der Waals surface area contributed by atoms with Crippen LogP contribution in [0, 0.1) is 17.2 Å². The van der Waals surface area contributed by atoms with Crippen molar-refractivity contribution in [1.29, 1.82) is 0 Å². The van der Waals surface area contributed by atoms with Crippen LogP contribution in [0.2, 0.25) is 0 Å². The highest BCUT2D eigenvalue weighted by Gasteiger charge is 2.50. The summed E-state index contributed by atoms with van der Waals surface area (Å²) in [6.45, 7) is 0.940. The number of nitrogens with one attached hydrogen (secondary N) is 1. The van der Waals surface area contributed by atoms with Crippen molar-refractivity contribution in [2.24, 2.45) is 11.3 Å². The molecule has 2 fully saturated rings. The number of carbonyl (C=O) groups is 2. The third-order valence-corrected chi connectivity index (χ3v) is 6.78. The first-order valence-corrected chi connectivity index (χ1v) is 11.0. The molecule has 2 aromatic rings. The number of amides is 1. The van der Waals surface area contributed by atoms with Crippen molar-refractivity contribution in [3.8, 4) is 0 Å². The fourth-order valence-corrected chi connectivity index (χ4v) is 4.24. The number of hydrogen-bond acceptors (Lipinski definition) is 2. The Morgan fingerprint density at radius 1 is 1.12 bits per heavy atom. The van der Waals surface area contributed by atoms with Gasteiger partial charge in [0.25, 0.3) is 0 Å². The molecule has 4 rings (SSSR count).